The van der Waals surface area contributed by atoms with Crippen LogP contribution in [0.15, 0.2) is 37.1 Å². The number of carbonyl (C=O) groups excluding carboxylic acids is 2. The molecular weight excluding hydrogens is 414 g/mol. The van der Waals surface area contributed by atoms with Crippen molar-refractivity contribution in [2.24, 2.45) is 5.92 Å². The van der Waals surface area contributed by atoms with E-state index in [1.807, 2.05) is 20.2 Å². The molecule has 3 N–H and O–H groups in total. The average molecular weight is 452 g/mol. The average Bonchev–Trinajstić information content (AvgIpc) is 3.21. The molecule has 0 bridgehead atoms. The van der Waals surface area contributed by atoms with Crippen LogP contribution in [-0.4, -0.2) is 79.5 Å². The van der Waals surface area contributed by atoms with Crippen molar-refractivity contribution in [3.63, 3.8) is 0 Å². The Labute approximate surface area is 196 Å². The Hall–Kier alpha value is -2.64. The van der Waals surface area contributed by atoms with Crippen LogP contribution in [0.3, 0.4) is 0 Å². The summed E-state index contributed by atoms with van der Waals surface area (Å²) in [4.78, 5) is 33.1. The summed E-state index contributed by atoms with van der Waals surface area (Å²) in [5, 5.41) is 7.29. The third-order valence-corrected chi connectivity index (χ3v) is 7.07. The number of H-pyrrole nitrogens is 1. The zero-order valence-corrected chi connectivity index (χ0v) is 19.9. The highest BCUT2D eigenvalue weighted by Crippen LogP contribution is 2.44. The van der Waals surface area contributed by atoms with Gasteiger partial charge in [0.2, 0.25) is 11.8 Å². The molecule has 2 aromatic rings. The smallest absolute Gasteiger partial charge is 0.224 e. The summed E-state index contributed by atoms with van der Waals surface area (Å²) in [6.07, 6.45) is 7.15. The topological polar surface area (TPSA) is 80.5 Å². The number of fused-ring (bicyclic) bond motifs is 2. The van der Waals surface area contributed by atoms with Crippen molar-refractivity contribution in [2.75, 3.05) is 46.8 Å². The van der Waals surface area contributed by atoms with Gasteiger partial charge in [-0.15, -0.1) is 6.58 Å². The Kier molecular flexibility index (Phi) is 7.50. The number of nitrogens with one attached hydrogen (secondary N) is 3. The Bertz CT molecular complexity index is 998. The molecule has 2 amide bonds. The largest absolute Gasteiger partial charge is 0.361 e. The molecule has 0 saturated carbocycles. The fraction of sp³-hybridized carbons (Fsp3) is 0.538. The molecule has 0 radical (unpaired) electrons. The molecule has 2 heterocycles. The molecule has 2 aliphatic rings. The first-order chi connectivity index (χ1) is 16.0. The third kappa shape index (κ3) is 5.31. The number of amides is 2. The lowest BCUT2D eigenvalue weighted by molar-refractivity contribution is -0.127. The van der Waals surface area contributed by atoms with Crippen molar-refractivity contribution in [3.8, 4) is 0 Å². The standard InChI is InChI=1S/C26H37N5O2/c1-4-12-31-17-19(26(33)28-11-9-24(32)27-10-6-13-30(2)3)14-21-20-7-5-8-22-25(20)18(16-29-22)15-23(21)31/h4-5,7-8,16,19,21,23,29H,1,6,9-15,17H2,2-3H3,(H,27,32)(H,28,33)/t19?,21-,23-/m1/s1. The highest BCUT2D eigenvalue weighted by atomic mass is 16.2. The lowest BCUT2D eigenvalue weighted by atomic mass is 9.72. The van der Waals surface area contributed by atoms with Gasteiger partial charge in [-0.3, -0.25) is 14.5 Å². The van der Waals surface area contributed by atoms with Gasteiger partial charge in [-0.1, -0.05) is 18.2 Å². The molecule has 178 valence electrons. The number of piperidine rings is 1. The summed E-state index contributed by atoms with van der Waals surface area (Å²) in [6, 6.07) is 6.85. The van der Waals surface area contributed by atoms with E-state index in [0.29, 0.717) is 31.5 Å². The minimum atomic E-state index is -0.0925. The van der Waals surface area contributed by atoms with Gasteiger partial charge in [-0.2, -0.15) is 0 Å². The van der Waals surface area contributed by atoms with E-state index in [-0.39, 0.29) is 17.7 Å². The van der Waals surface area contributed by atoms with E-state index >= 15 is 0 Å². The zero-order valence-electron chi connectivity index (χ0n) is 19.9. The Morgan fingerprint density at radius 3 is 2.91 bits per heavy atom. The molecule has 1 aliphatic carbocycles. The van der Waals surface area contributed by atoms with Gasteiger partial charge in [0.15, 0.2) is 0 Å². The molecule has 1 aliphatic heterocycles. The van der Waals surface area contributed by atoms with Crippen molar-refractivity contribution < 1.29 is 9.59 Å². The van der Waals surface area contributed by atoms with E-state index in [9.17, 15) is 9.59 Å². The van der Waals surface area contributed by atoms with E-state index < -0.39 is 0 Å². The number of aromatic amines is 1. The molecule has 0 spiro atoms. The number of rotatable bonds is 10. The molecule has 1 saturated heterocycles. The fourth-order valence-corrected chi connectivity index (χ4v) is 5.52. The van der Waals surface area contributed by atoms with Crippen LogP contribution in [-0.2, 0) is 16.0 Å². The molecule has 7 nitrogen and oxygen atoms in total. The second-order valence-electron chi connectivity index (χ2n) is 9.68. The molecule has 1 fully saturated rings. The van der Waals surface area contributed by atoms with Gasteiger partial charge in [0, 0.05) is 61.7 Å². The first-order valence-corrected chi connectivity index (χ1v) is 12.1. The van der Waals surface area contributed by atoms with Crippen LogP contribution >= 0.6 is 0 Å². The van der Waals surface area contributed by atoms with E-state index in [0.717, 1.165) is 38.9 Å². The molecular formula is C26H37N5O2. The van der Waals surface area contributed by atoms with Crippen LogP contribution in [0.4, 0.5) is 0 Å². The number of likely N-dealkylation sites (tertiary alicyclic amines) is 1. The molecule has 1 unspecified atom stereocenters. The highest BCUT2D eigenvalue weighted by Gasteiger charge is 2.42. The van der Waals surface area contributed by atoms with Gasteiger partial charge in [-0.05, 0) is 57.1 Å². The number of carbonyl (C=O) groups is 2. The molecule has 1 aromatic carbocycles. The van der Waals surface area contributed by atoms with E-state index in [2.05, 4.69) is 56.4 Å². The van der Waals surface area contributed by atoms with Crippen LogP contribution in [0.25, 0.3) is 10.9 Å². The zero-order chi connectivity index (χ0) is 23.4. The van der Waals surface area contributed by atoms with Crippen molar-refractivity contribution in [1.29, 1.82) is 0 Å². The van der Waals surface area contributed by atoms with Crippen LogP contribution < -0.4 is 10.6 Å². The summed E-state index contributed by atoms with van der Waals surface area (Å²) in [5.41, 5.74) is 3.90. The number of benzene rings is 1. The molecule has 33 heavy (non-hydrogen) atoms. The van der Waals surface area contributed by atoms with E-state index in [1.54, 1.807) is 0 Å². The lowest BCUT2D eigenvalue weighted by Gasteiger charge is -2.46. The Morgan fingerprint density at radius 2 is 2.12 bits per heavy atom. The number of hydrogen-bond acceptors (Lipinski definition) is 4. The fourth-order valence-electron chi connectivity index (χ4n) is 5.52. The molecule has 7 heteroatoms. The second kappa shape index (κ2) is 10.5. The maximum atomic E-state index is 13.1. The van der Waals surface area contributed by atoms with Crippen molar-refractivity contribution in [2.45, 2.75) is 37.6 Å². The van der Waals surface area contributed by atoms with Crippen molar-refractivity contribution in [3.05, 3.63) is 48.2 Å². The van der Waals surface area contributed by atoms with Gasteiger partial charge in [0.05, 0.1) is 5.92 Å². The predicted octanol–water partition coefficient (Wildman–Crippen LogP) is 2.26. The lowest BCUT2D eigenvalue weighted by Crippen LogP contribution is -2.53. The van der Waals surface area contributed by atoms with Gasteiger partial charge in [0.25, 0.3) is 0 Å². The quantitative estimate of drug-likeness (QED) is 0.382. The second-order valence-corrected chi connectivity index (χ2v) is 9.68. The van der Waals surface area contributed by atoms with Crippen LogP contribution in [0, 0.1) is 5.92 Å². The summed E-state index contributed by atoms with van der Waals surface area (Å²) in [5.74, 6) is 0.270. The summed E-state index contributed by atoms with van der Waals surface area (Å²) in [6.45, 7) is 7.44. The number of hydrogen-bond donors (Lipinski definition) is 3. The van der Waals surface area contributed by atoms with E-state index in [1.165, 1.54) is 22.0 Å². The summed E-state index contributed by atoms with van der Waals surface area (Å²) >= 11 is 0. The van der Waals surface area contributed by atoms with Gasteiger partial charge >= 0.3 is 0 Å². The van der Waals surface area contributed by atoms with Gasteiger partial charge in [-0.25, -0.2) is 0 Å². The van der Waals surface area contributed by atoms with Crippen molar-refractivity contribution in [1.82, 2.24) is 25.4 Å². The number of nitrogens with zero attached hydrogens (tertiary/aromatic N) is 2. The predicted molar refractivity (Wildman–Crippen MR) is 132 cm³/mol. The van der Waals surface area contributed by atoms with Gasteiger partial charge < -0.3 is 20.5 Å². The molecule has 3 atom stereocenters. The first kappa shape index (κ1) is 23.5. The van der Waals surface area contributed by atoms with Crippen molar-refractivity contribution >= 4 is 22.7 Å². The monoisotopic (exact) mass is 451 g/mol. The highest BCUT2D eigenvalue weighted by molar-refractivity contribution is 5.88. The Morgan fingerprint density at radius 1 is 1.27 bits per heavy atom. The number of aromatic nitrogens is 1. The summed E-state index contributed by atoms with van der Waals surface area (Å²) in [7, 11) is 4.04. The minimum absolute atomic E-state index is 0.00927. The van der Waals surface area contributed by atoms with Crippen LogP contribution in [0.2, 0.25) is 0 Å². The molecule has 4 rings (SSSR count). The first-order valence-electron chi connectivity index (χ1n) is 12.1. The maximum Gasteiger partial charge on any atom is 0.224 e. The SMILES string of the molecule is C=CCN1CC(C(=O)NCCC(=O)NCCCN(C)C)C[C@@H]2c3cccc4[nH]cc(c34)C[C@H]21. The summed E-state index contributed by atoms with van der Waals surface area (Å²) < 4.78 is 0. The Balaban J connectivity index is 1.36. The van der Waals surface area contributed by atoms with Crippen LogP contribution in [0.1, 0.15) is 36.3 Å². The maximum absolute atomic E-state index is 13.1. The van der Waals surface area contributed by atoms with E-state index in [4.69, 9.17) is 0 Å². The van der Waals surface area contributed by atoms with Crippen LogP contribution in [0.5, 0.6) is 0 Å². The normalized spacial score (nSPS) is 22.2. The third-order valence-electron chi connectivity index (χ3n) is 7.07. The van der Waals surface area contributed by atoms with Gasteiger partial charge in [0.1, 0.15) is 0 Å². The molecule has 1 aromatic heterocycles. The minimum Gasteiger partial charge on any atom is -0.361 e.